The fourth-order valence-corrected chi connectivity index (χ4v) is 3.17. The number of likely N-dealkylation sites (tertiary alicyclic amines) is 1. The normalized spacial score (nSPS) is 16.2. The summed E-state index contributed by atoms with van der Waals surface area (Å²) in [5.74, 6) is -0.104. The number of pyridine rings is 1. The number of hydrogen-bond donors (Lipinski definition) is 1. The molecule has 0 spiro atoms. The van der Waals surface area contributed by atoms with Gasteiger partial charge >= 0.3 is 0 Å². The smallest absolute Gasteiger partial charge is 0.293 e. The van der Waals surface area contributed by atoms with Crippen LogP contribution in [0.15, 0.2) is 47.4 Å². The van der Waals surface area contributed by atoms with Crippen molar-refractivity contribution in [2.24, 2.45) is 0 Å². The molecule has 0 unspecified atom stereocenters. The minimum atomic E-state index is -0.304. The van der Waals surface area contributed by atoms with Gasteiger partial charge in [-0.2, -0.15) is 0 Å². The van der Waals surface area contributed by atoms with Gasteiger partial charge in [0.1, 0.15) is 0 Å². The van der Waals surface area contributed by atoms with E-state index in [1.807, 2.05) is 36.4 Å². The molecule has 0 bridgehead atoms. The van der Waals surface area contributed by atoms with Crippen LogP contribution < -0.4 is 5.56 Å². The standard InChI is InChI=1S/C19H24N2O2/c22-18-17(15-20-11-6-1-2-7-12-20)10-13-21(19(18)23)14-16-8-4-3-5-9-16/h3-5,8-10,13,22H,1-2,6-7,11-12,14-15H2. The summed E-state index contributed by atoms with van der Waals surface area (Å²) in [7, 11) is 0. The Labute approximate surface area is 137 Å². The van der Waals surface area contributed by atoms with Crippen molar-refractivity contribution in [2.75, 3.05) is 13.1 Å². The van der Waals surface area contributed by atoms with Crippen molar-refractivity contribution in [3.63, 3.8) is 0 Å². The molecule has 1 N–H and O–H groups in total. The summed E-state index contributed by atoms with van der Waals surface area (Å²) in [4.78, 5) is 14.7. The Balaban J connectivity index is 1.76. The predicted octanol–water partition coefficient (Wildman–Crippen LogP) is 2.98. The Morgan fingerprint density at radius 3 is 2.30 bits per heavy atom. The van der Waals surface area contributed by atoms with E-state index in [-0.39, 0.29) is 11.3 Å². The van der Waals surface area contributed by atoms with Gasteiger partial charge in [0.15, 0.2) is 5.75 Å². The molecule has 1 aliphatic rings. The summed E-state index contributed by atoms with van der Waals surface area (Å²) in [6, 6.07) is 11.7. The first-order valence-corrected chi connectivity index (χ1v) is 8.41. The molecule has 1 aliphatic heterocycles. The van der Waals surface area contributed by atoms with Crippen molar-refractivity contribution in [1.82, 2.24) is 9.47 Å². The quantitative estimate of drug-likeness (QED) is 0.944. The van der Waals surface area contributed by atoms with Crippen LogP contribution in [0.4, 0.5) is 0 Å². The molecule has 1 fully saturated rings. The molecule has 1 saturated heterocycles. The lowest BCUT2D eigenvalue weighted by Crippen LogP contribution is -2.26. The number of aromatic nitrogens is 1. The maximum Gasteiger partial charge on any atom is 0.293 e. The molecule has 1 aromatic carbocycles. The Morgan fingerprint density at radius 1 is 0.913 bits per heavy atom. The van der Waals surface area contributed by atoms with Gasteiger partial charge in [-0.1, -0.05) is 43.2 Å². The van der Waals surface area contributed by atoms with Crippen LogP contribution in [-0.4, -0.2) is 27.7 Å². The highest BCUT2D eigenvalue weighted by Gasteiger charge is 2.14. The van der Waals surface area contributed by atoms with Crippen molar-refractivity contribution in [2.45, 2.75) is 38.8 Å². The van der Waals surface area contributed by atoms with Crippen molar-refractivity contribution >= 4 is 0 Å². The van der Waals surface area contributed by atoms with Crippen LogP contribution in [0.25, 0.3) is 0 Å². The van der Waals surface area contributed by atoms with Crippen LogP contribution in [0.1, 0.15) is 36.8 Å². The molecular weight excluding hydrogens is 288 g/mol. The van der Waals surface area contributed by atoms with Gasteiger partial charge in [0.2, 0.25) is 0 Å². The van der Waals surface area contributed by atoms with E-state index >= 15 is 0 Å². The zero-order valence-corrected chi connectivity index (χ0v) is 13.4. The van der Waals surface area contributed by atoms with E-state index < -0.39 is 0 Å². The van der Waals surface area contributed by atoms with E-state index in [2.05, 4.69) is 4.90 Å². The van der Waals surface area contributed by atoms with E-state index in [0.717, 1.165) is 24.2 Å². The van der Waals surface area contributed by atoms with Crippen molar-refractivity contribution in [3.05, 3.63) is 64.1 Å². The molecule has 0 atom stereocenters. The third-order valence-corrected chi connectivity index (χ3v) is 4.51. The van der Waals surface area contributed by atoms with E-state index in [0.29, 0.717) is 13.1 Å². The van der Waals surface area contributed by atoms with Crippen molar-refractivity contribution in [1.29, 1.82) is 0 Å². The fraction of sp³-hybridized carbons (Fsp3) is 0.421. The molecule has 4 heteroatoms. The van der Waals surface area contributed by atoms with Crippen LogP contribution in [0.3, 0.4) is 0 Å². The minimum Gasteiger partial charge on any atom is -0.503 e. The Bertz CT molecular complexity index is 686. The number of rotatable bonds is 4. The summed E-state index contributed by atoms with van der Waals surface area (Å²) >= 11 is 0. The predicted molar refractivity (Wildman–Crippen MR) is 91.7 cm³/mol. The molecule has 122 valence electrons. The van der Waals surface area contributed by atoms with Crippen LogP contribution >= 0.6 is 0 Å². The van der Waals surface area contributed by atoms with Gasteiger partial charge in [0.05, 0.1) is 6.54 Å². The second-order valence-corrected chi connectivity index (χ2v) is 6.30. The lowest BCUT2D eigenvalue weighted by molar-refractivity contribution is 0.272. The third kappa shape index (κ3) is 4.02. The SMILES string of the molecule is O=c1c(O)c(CN2CCCCCC2)ccn1Cc1ccccc1. The summed E-state index contributed by atoms with van der Waals surface area (Å²) < 4.78 is 1.57. The Morgan fingerprint density at radius 2 is 1.61 bits per heavy atom. The highest BCUT2D eigenvalue weighted by atomic mass is 16.3. The van der Waals surface area contributed by atoms with Crippen molar-refractivity contribution < 1.29 is 5.11 Å². The third-order valence-electron chi connectivity index (χ3n) is 4.51. The molecule has 2 aromatic rings. The van der Waals surface area contributed by atoms with E-state index in [9.17, 15) is 9.90 Å². The molecule has 1 aromatic heterocycles. The summed E-state index contributed by atoms with van der Waals surface area (Å²) in [6.07, 6.45) is 6.75. The first-order valence-electron chi connectivity index (χ1n) is 8.41. The van der Waals surface area contributed by atoms with Gasteiger partial charge in [-0.25, -0.2) is 0 Å². The topological polar surface area (TPSA) is 45.5 Å². The van der Waals surface area contributed by atoms with Gasteiger partial charge in [-0.3, -0.25) is 9.69 Å². The number of aromatic hydroxyl groups is 1. The summed E-state index contributed by atoms with van der Waals surface area (Å²) in [6.45, 7) is 3.24. The minimum absolute atomic E-state index is 0.104. The molecule has 0 aliphatic carbocycles. The number of nitrogens with zero attached hydrogens (tertiary/aromatic N) is 2. The summed E-state index contributed by atoms with van der Waals surface area (Å²) in [5.41, 5.74) is 1.48. The monoisotopic (exact) mass is 312 g/mol. The molecule has 2 heterocycles. The number of benzene rings is 1. The average molecular weight is 312 g/mol. The van der Waals surface area contributed by atoms with Gasteiger partial charge in [0, 0.05) is 18.3 Å². The van der Waals surface area contributed by atoms with E-state index in [1.54, 1.807) is 10.8 Å². The zero-order valence-electron chi connectivity index (χ0n) is 13.4. The van der Waals surface area contributed by atoms with Gasteiger partial charge in [-0.05, 0) is 37.6 Å². The van der Waals surface area contributed by atoms with Crippen molar-refractivity contribution in [3.8, 4) is 5.75 Å². The lowest BCUT2D eigenvalue weighted by atomic mass is 10.2. The van der Waals surface area contributed by atoms with Gasteiger partial charge in [-0.15, -0.1) is 0 Å². The Hall–Kier alpha value is -2.07. The Kier molecular flexibility index (Phi) is 5.13. The molecule has 4 nitrogen and oxygen atoms in total. The first-order chi connectivity index (χ1) is 11.2. The second kappa shape index (κ2) is 7.47. The molecule has 0 radical (unpaired) electrons. The highest BCUT2D eigenvalue weighted by Crippen LogP contribution is 2.17. The maximum absolute atomic E-state index is 12.4. The first kappa shape index (κ1) is 15.8. The molecular formula is C19H24N2O2. The summed E-state index contributed by atoms with van der Waals surface area (Å²) in [5, 5.41) is 10.3. The van der Waals surface area contributed by atoms with Gasteiger partial charge in [0.25, 0.3) is 5.56 Å². The zero-order chi connectivity index (χ0) is 16.1. The number of hydrogen-bond acceptors (Lipinski definition) is 3. The van der Waals surface area contributed by atoms with Gasteiger partial charge < -0.3 is 9.67 Å². The van der Waals surface area contributed by atoms with E-state index in [4.69, 9.17) is 0 Å². The van der Waals surface area contributed by atoms with Crippen LogP contribution in [0.2, 0.25) is 0 Å². The average Bonchev–Trinajstić information content (AvgIpc) is 2.84. The van der Waals surface area contributed by atoms with E-state index in [1.165, 1.54) is 25.7 Å². The van der Waals surface area contributed by atoms with Crippen LogP contribution in [-0.2, 0) is 13.1 Å². The highest BCUT2D eigenvalue weighted by molar-refractivity contribution is 5.29. The lowest BCUT2D eigenvalue weighted by Gasteiger charge is -2.20. The molecule has 23 heavy (non-hydrogen) atoms. The maximum atomic E-state index is 12.4. The second-order valence-electron chi connectivity index (χ2n) is 6.30. The fourth-order valence-electron chi connectivity index (χ4n) is 3.17. The molecule has 0 saturated carbocycles. The largest absolute Gasteiger partial charge is 0.503 e. The molecule has 3 rings (SSSR count). The van der Waals surface area contributed by atoms with Crippen LogP contribution in [0, 0.1) is 0 Å². The molecule has 0 amide bonds. The van der Waals surface area contributed by atoms with Crippen LogP contribution in [0.5, 0.6) is 5.75 Å².